The quantitative estimate of drug-likeness (QED) is 0.864. The smallest absolute Gasteiger partial charge is 0.125 e. The standard InChI is InChI=1S/C19H25NO/c1-4-18(20)12-17-10-14(2)19(15(3)11-17)21-13-16-8-6-5-7-9-16/h5-11,18H,4,12-13,20H2,1-3H3. The summed E-state index contributed by atoms with van der Waals surface area (Å²) in [7, 11) is 0. The number of ether oxygens (including phenoxy) is 1. The Morgan fingerprint density at radius 2 is 1.62 bits per heavy atom. The molecule has 2 aromatic carbocycles. The van der Waals surface area contributed by atoms with Crippen LogP contribution in [0, 0.1) is 13.8 Å². The van der Waals surface area contributed by atoms with Gasteiger partial charge in [0.1, 0.15) is 12.4 Å². The topological polar surface area (TPSA) is 35.2 Å². The Labute approximate surface area is 127 Å². The van der Waals surface area contributed by atoms with Gasteiger partial charge in [-0.05, 0) is 48.9 Å². The van der Waals surface area contributed by atoms with E-state index in [1.54, 1.807) is 0 Å². The Hall–Kier alpha value is -1.80. The Morgan fingerprint density at radius 3 is 2.19 bits per heavy atom. The summed E-state index contributed by atoms with van der Waals surface area (Å²) >= 11 is 0. The van der Waals surface area contributed by atoms with Crippen molar-refractivity contribution in [1.29, 1.82) is 0 Å². The molecular weight excluding hydrogens is 258 g/mol. The highest BCUT2D eigenvalue weighted by Crippen LogP contribution is 2.26. The first-order chi connectivity index (χ1) is 10.1. The minimum atomic E-state index is 0.236. The van der Waals surface area contributed by atoms with Gasteiger partial charge in [-0.1, -0.05) is 49.4 Å². The zero-order valence-electron chi connectivity index (χ0n) is 13.2. The number of hydrogen-bond donors (Lipinski definition) is 1. The molecule has 21 heavy (non-hydrogen) atoms. The van der Waals surface area contributed by atoms with E-state index in [1.807, 2.05) is 18.2 Å². The van der Waals surface area contributed by atoms with Crippen LogP contribution in [0.5, 0.6) is 5.75 Å². The van der Waals surface area contributed by atoms with E-state index < -0.39 is 0 Å². The summed E-state index contributed by atoms with van der Waals surface area (Å²) in [6.45, 7) is 6.95. The lowest BCUT2D eigenvalue weighted by Gasteiger charge is -2.16. The maximum Gasteiger partial charge on any atom is 0.125 e. The van der Waals surface area contributed by atoms with Gasteiger partial charge in [0.2, 0.25) is 0 Å². The minimum absolute atomic E-state index is 0.236. The second-order valence-electron chi connectivity index (χ2n) is 5.71. The van der Waals surface area contributed by atoms with Gasteiger partial charge in [0.15, 0.2) is 0 Å². The summed E-state index contributed by atoms with van der Waals surface area (Å²) in [5.41, 5.74) is 10.9. The summed E-state index contributed by atoms with van der Waals surface area (Å²) in [5, 5.41) is 0. The van der Waals surface area contributed by atoms with E-state index in [0.717, 1.165) is 18.6 Å². The van der Waals surface area contributed by atoms with Gasteiger partial charge < -0.3 is 10.5 Å². The van der Waals surface area contributed by atoms with E-state index in [9.17, 15) is 0 Å². The summed E-state index contributed by atoms with van der Waals surface area (Å²) < 4.78 is 6.01. The van der Waals surface area contributed by atoms with E-state index in [0.29, 0.717) is 6.61 Å². The lowest BCUT2D eigenvalue weighted by Crippen LogP contribution is -2.21. The third-order valence-electron chi connectivity index (χ3n) is 3.77. The van der Waals surface area contributed by atoms with Crippen LogP contribution in [0.25, 0.3) is 0 Å². The van der Waals surface area contributed by atoms with Gasteiger partial charge in [0.25, 0.3) is 0 Å². The van der Waals surface area contributed by atoms with E-state index in [2.05, 4.69) is 45.0 Å². The van der Waals surface area contributed by atoms with Crippen molar-refractivity contribution >= 4 is 0 Å². The second-order valence-corrected chi connectivity index (χ2v) is 5.71. The number of hydrogen-bond acceptors (Lipinski definition) is 2. The molecule has 1 atom stereocenters. The molecule has 0 radical (unpaired) electrons. The summed E-state index contributed by atoms with van der Waals surface area (Å²) in [6.07, 6.45) is 1.93. The van der Waals surface area contributed by atoms with Crippen molar-refractivity contribution in [3.8, 4) is 5.75 Å². The van der Waals surface area contributed by atoms with Crippen LogP contribution >= 0.6 is 0 Å². The largest absolute Gasteiger partial charge is 0.488 e. The normalized spacial score (nSPS) is 12.2. The van der Waals surface area contributed by atoms with Gasteiger partial charge in [-0.15, -0.1) is 0 Å². The SMILES string of the molecule is CCC(N)Cc1cc(C)c(OCc2ccccc2)c(C)c1. The molecule has 2 nitrogen and oxygen atoms in total. The van der Waals surface area contributed by atoms with Crippen LogP contribution in [-0.4, -0.2) is 6.04 Å². The molecule has 2 heteroatoms. The molecular formula is C19H25NO. The Bertz CT molecular complexity index is 554. The van der Waals surface area contributed by atoms with Crippen LogP contribution in [-0.2, 0) is 13.0 Å². The molecule has 0 spiro atoms. The van der Waals surface area contributed by atoms with Crippen molar-refractivity contribution in [3.63, 3.8) is 0 Å². The van der Waals surface area contributed by atoms with Crippen molar-refractivity contribution in [2.24, 2.45) is 5.73 Å². The molecule has 0 heterocycles. The predicted octanol–water partition coefficient (Wildman–Crippen LogP) is 4.16. The Morgan fingerprint density at radius 1 is 1.00 bits per heavy atom. The Balaban J connectivity index is 2.10. The number of benzene rings is 2. The van der Waals surface area contributed by atoms with E-state index in [-0.39, 0.29) is 6.04 Å². The molecule has 0 aliphatic carbocycles. The lowest BCUT2D eigenvalue weighted by atomic mass is 9.99. The van der Waals surface area contributed by atoms with Crippen LogP contribution in [0.2, 0.25) is 0 Å². The highest BCUT2D eigenvalue weighted by Gasteiger charge is 2.09. The van der Waals surface area contributed by atoms with Crippen LogP contribution in [0.3, 0.4) is 0 Å². The van der Waals surface area contributed by atoms with Crippen molar-refractivity contribution in [3.05, 3.63) is 64.7 Å². The first-order valence-corrected chi connectivity index (χ1v) is 7.62. The molecule has 0 saturated heterocycles. The van der Waals surface area contributed by atoms with Crippen molar-refractivity contribution in [1.82, 2.24) is 0 Å². The summed E-state index contributed by atoms with van der Waals surface area (Å²) in [4.78, 5) is 0. The van der Waals surface area contributed by atoms with Gasteiger partial charge >= 0.3 is 0 Å². The average molecular weight is 283 g/mol. The second kappa shape index (κ2) is 7.28. The molecule has 0 bridgehead atoms. The molecule has 0 aliphatic heterocycles. The predicted molar refractivity (Wildman–Crippen MR) is 88.7 cm³/mol. The fraction of sp³-hybridized carbons (Fsp3) is 0.368. The average Bonchev–Trinajstić information content (AvgIpc) is 2.47. The molecule has 0 aromatic heterocycles. The molecule has 2 aromatic rings. The van der Waals surface area contributed by atoms with E-state index in [1.165, 1.54) is 22.3 Å². The fourth-order valence-corrected chi connectivity index (χ4v) is 2.56. The van der Waals surface area contributed by atoms with Crippen molar-refractivity contribution < 1.29 is 4.74 Å². The molecule has 2 N–H and O–H groups in total. The molecule has 1 unspecified atom stereocenters. The van der Waals surface area contributed by atoms with E-state index >= 15 is 0 Å². The summed E-state index contributed by atoms with van der Waals surface area (Å²) in [6, 6.07) is 14.9. The molecule has 0 amide bonds. The number of aryl methyl sites for hydroxylation is 2. The van der Waals surface area contributed by atoms with Crippen LogP contribution in [0.4, 0.5) is 0 Å². The maximum atomic E-state index is 6.05. The van der Waals surface area contributed by atoms with Crippen LogP contribution < -0.4 is 10.5 Å². The van der Waals surface area contributed by atoms with Gasteiger partial charge in [-0.2, -0.15) is 0 Å². The molecule has 0 aliphatic rings. The van der Waals surface area contributed by atoms with Gasteiger partial charge in [0.05, 0.1) is 0 Å². The van der Waals surface area contributed by atoms with Gasteiger partial charge in [-0.25, -0.2) is 0 Å². The third kappa shape index (κ3) is 4.33. The monoisotopic (exact) mass is 283 g/mol. The fourth-order valence-electron chi connectivity index (χ4n) is 2.56. The maximum absolute atomic E-state index is 6.05. The highest BCUT2D eigenvalue weighted by molar-refractivity contribution is 5.43. The highest BCUT2D eigenvalue weighted by atomic mass is 16.5. The zero-order valence-corrected chi connectivity index (χ0v) is 13.2. The molecule has 0 saturated carbocycles. The van der Waals surface area contributed by atoms with Crippen molar-refractivity contribution in [2.75, 3.05) is 0 Å². The first kappa shape index (κ1) is 15.6. The number of rotatable bonds is 6. The Kier molecular flexibility index (Phi) is 5.40. The van der Waals surface area contributed by atoms with E-state index in [4.69, 9.17) is 10.5 Å². The van der Waals surface area contributed by atoms with Gasteiger partial charge in [0, 0.05) is 6.04 Å². The van der Waals surface area contributed by atoms with Crippen LogP contribution in [0.1, 0.15) is 35.6 Å². The molecule has 0 fully saturated rings. The third-order valence-corrected chi connectivity index (χ3v) is 3.77. The van der Waals surface area contributed by atoms with Gasteiger partial charge in [-0.3, -0.25) is 0 Å². The van der Waals surface area contributed by atoms with Crippen molar-refractivity contribution in [2.45, 2.75) is 46.3 Å². The minimum Gasteiger partial charge on any atom is -0.488 e. The zero-order chi connectivity index (χ0) is 15.2. The molecule has 112 valence electrons. The molecule has 2 rings (SSSR count). The van der Waals surface area contributed by atoms with Crippen LogP contribution in [0.15, 0.2) is 42.5 Å². The first-order valence-electron chi connectivity index (χ1n) is 7.62. The number of nitrogens with two attached hydrogens (primary N) is 1. The lowest BCUT2D eigenvalue weighted by molar-refractivity contribution is 0.302. The summed E-state index contributed by atoms with van der Waals surface area (Å²) in [5.74, 6) is 0.993.